The Balaban J connectivity index is 0.980. The molecular weight excluding hydrogens is 725 g/mol. The summed E-state index contributed by atoms with van der Waals surface area (Å²) in [6.45, 7) is 0. The normalized spacial score (nSPS) is 11.8. The number of fused-ring (bicyclic) bond motifs is 9. The zero-order valence-corrected chi connectivity index (χ0v) is 32.2. The molecule has 3 aromatic heterocycles. The van der Waals surface area contributed by atoms with E-state index in [1.807, 2.05) is 17.4 Å². The second-order valence-electron chi connectivity index (χ2n) is 14.9. The fourth-order valence-electron chi connectivity index (χ4n) is 8.89. The van der Waals surface area contributed by atoms with Crippen LogP contribution in [0.2, 0.25) is 0 Å². The summed E-state index contributed by atoms with van der Waals surface area (Å²) < 4.78 is 11.4. The van der Waals surface area contributed by atoms with E-state index < -0.39 is 0 Å². The summed E-state index contributed by atoms with van der Waals surface area (Å²) in [5.74, 6) is 0. The van der Waals surface area contributed by atoms with E-state index in [1.54, 1.807) is 0 Å². The van der Waals surface area contributed by atoms with Crippen molar-refractivity contribution < 1.29 is 4.42 Å². The Morgan fingerprint density at radius 1 is 0.379 bits per heavy atom. The SMILES string of the molecule is c1ccc(-n2c3ccccc3c3ccc(-c4ccc(N(c5ccc(-c6ccc7sc8ccccc8c7c6)cc5)c5cccc6oc7ccccc7c56)cc4)cc32)cc1. The highest BCUT2D eigenvalue weighted by atomic mass is 32.1. The topological polar surface area (TPSA) is 21.3 Å². The summed E-state index contributed by atoms with van der Waals surface area (Å²) in [6.07, 6.45) is 0. The first-order valence-electron chi connectivity index (χ1n) is 19.7. The van der Waals surface area contributed by atoms with Crippen molar-refractivity contribution >= 4 is 92.3 Å². The van der Waals surface area contributed by atoms with Crippen molar-refractivity contribution in [1.82, 2.24) is 4.57 Å². The van der Waals surface area contributed by atoms with Crippen LogP contribution in [0.5, 0.6) is 0 Å². The Hall–Kier alpha value is -7.40. The minimum Gasteiger partial charge on any atom is -0.456 e. The van der Waals surface area contributed by atoms with Gasteiger partial charge in [-0.2, -0.15) is 0 Å². The lowest BCUT2D eigenvalue weighted by molar-refractivity contribution is 0.669. The van der Waals surface area contributed by atoms with Gasteiger partial charge in [0, 0.05) is 53.4 Å². The molecule has 9 aromatic carbocycles. The second kappa shape index (κ2) is 13.1. The van der Waals surface area contributed by atoms with E-state index in [-0.39, 0.29) is 0 Å². The van der Waals surface area contributed by atoms with Crippen LogP contribution in [0.25, 0.3) is 91.9 Å². The van der Waals surface area contributed by atoms with Crippen molar-refractivity contribution in [3.05, 3.63) is 206 Å². The molecule has 0 unspecified atom stereocenters. The molecule has 0 N–H and O–H groups in total. The van der Waals surface area contributed by atoms with Crippen molar-refractivity contribution in [2.45, 2.75) is 0 Å². The lowest BCUT2D eigenvalue weighted by atomic mass is 10.0. The fourth-order valence-corrected chi connectivity index (χ4v) is 9.97. The minimum atomic E-state index is 0.871. The van der Waals surface area contributed by atoms with E-state index >= 15 is 0 Å². The van der Waals surface area contributed by atoms with Crippen molar-refractivity contribution in [3.63, 3.8) is 0 Å². The molecule has 0 amide bonds. The highest BCUT2D eigenvalue weighted by Gasteiger charge is 2.20. The minimum absolute atomic E-state index is 0.871. The molecule has 4 heteroatoms. The Morgan fingerprint density at radius 3 is 1.76 bits per heavy atom. The van der Waals surface area contributed by atoms with E-state index in [2.05, 4.69) is 210 Å². The van der Waals surface area contributed by atoms with Gasteiger partial charge >= 0.3 is 0 Å². The van der Waals surface area contributed by atoms with E-state index in [0.29, 0.717) is 0 Å². The molecular formula is C54H34N2OS. The van der Waals surface area contributed by atoms with Crippen molar-refractivity contribution in [2.75, 3.05) is 4.90 Å². The molecule has 0 bridgehead atoms. The molecule has 58 heavy (non-hydrogen) atoms. The smallest absolute Gasteiger partial charge is 0.137 e. The predicted molar refractivity (Wildman–Crippen MR) is 247 cm³/mol. The number of nitrogens with zero attached hydrogens (tertiary/aromatic N) is 2. The zero-order valence-electron chi connectivity index (χ0n) is 31.3. The van der Waals surface area contributed by atoms with E-state index in [4.69, 9.17) is 4.42 Å². The van der Waals surface area contributed by atoms with Gasteiger partial charge in [0.2, 0.25) is 0 Å². The molecule has 0 saturated carbocycles. The van der Waals surface area contributed by atoms with Crippen LogP contribution >= 0.6 is 11.3 Å². The molecule has 272 valence electrons. The first-order chi connectivity index (χ1) is 28.7. The Morgan fingerprint density at radius 2 is 0.966 bits per heavy atom. The lowest BCUT2D eigenvalue weighted by Crippen LogP contribution is -2.10. The number of hydrogen-bond acceptors (Lipinski definition) is 3. The van der Waals surface area contributed by atoms with Gasteiger partial charge in [-0.3, -0.25) is 0 Å². The highest BCUT2D eigenvalue weighted by molar-refractivity contribution is 7.25. The van der Waals surface area contributed by atoms with Gasteiger partial charge in [0.1, 0.15) is 11.2 Å². The quantitative estimate of drug-likeness (QED) is 0.168. The number of benzene rings is 9. The summed E-state index contributed by atoms with van der Waals surface area (Å²) in [7, 11) is 0. The van der Waals surface area contributed by atoms with Crippen LogP contribution in [0.3, 0.4) is 0 Å². The molecule has 0 saturated heterocycles. The third kappa shape index (κ3) is 5.19. The number of para-hydroxylation sites is 3. The van der Waals surface area contributed by atoms with Crippen LogP contribution in [-0.2, 0) is 0 Å². The van der Waals surface area contributed by atoms with Gasteiger partial charge in [-0.15, -0.1) is 11.3 Å². The lowest BCUT2D eigenvalue weighted by Gasteiger charge is -2.26. The third-order valence-corrected chi connectivity index (χ3v) is 12.8. The van der Waals surface area contributed by atoms with Crippen molar-refractivity contribution in [2.24, 2.45) is 0 Å². The molecule has 0 aliphatic carbocycles. The van der Waals surface area contributed by atoms with Gasteiger partial charge in [-0.05, 0) is 107 Å². The monoisotopic (exact) mass is 758 g/mol. The van der Waals surface area contributed by atoms with Crippen LogP contribution in [-0.4, -0.2) is 4.57 Å². The summed E-state index contributed by atoms with van der Waals surface area (Å²) in [5, 5.41) is 7.33. The Kier molecular flexibility index (Phi) is 7.40. The van der Waals surface area contributed by atoms with Crippen LogP contribution in [0.15, 0.2) is 211 Å². The molecule has 0 spiro atoms. The summed E-state index contributed by atoms with van der Waals surface area (Å²) in [6, 6.07) is 74.4. The number of aromatic nitrogens is 1. The average Bonchev–Trinajstić information content (AvgIpc) is 3.97. The number of hydrogen-bond donors (Lipinski definition) is 0. The third-order valence-electron chi connectivity index (χ3n) is 11.6. The van der Waals surface area contributed by atoms with Gasteiger partial charge in [0.15, 0.2) is 0 Å². The maximum Gasteiger partial charge on any atom is 0.137 e. The van der Waals surface area contributed by atoms with Gasteiger partial charge in [-0.25, -0.2) is 0 Å². The molecule has 0 aliphatic heterocycles. The zero-order chi connectivity index (χ0) is 38.2. The van der Waals surface area contributed by atoms with Crippen LogP contribution in [0.1, 0.15) is 0 Å². The van der Waals surface area contributed by atoms with Crippen LogP contribution in [0, 0.1) is 0 Å². The van der Waals surface area contributed by atoms with Crippen LogP contribution in [0.4, 0.5) is 17.1 Å². The number of furan rings is 1. The maximum atomic E-state index is 6.40. The van der Waals surface area contributed by atoms with E-state index in [1.165, 1.54) is 58.7 Å². The molecule has 12 aromatic rings. The summed E-state index contributed by atoms with van der Waals surface area (Å²) in [4.78, 5) is 2.36. The Labute approximate surface area is 338 Å². The van der Waals surface area contributed by atoms with Gasteiger partial charge in [-0.1, -0.05) is 121 Å². The molecule has 3 nitrogen and oxygen atoms in total. The molecule has 0 fully saturated rings. The molecule has 12 rings (SSSR count). The molecule has 0 aliphatic rings. The molecule has 0 radical (unpaired) electrons. The van der Waals surface area contributed by atoms with Gasteiger partial charge in [0.05, 0.1) is 22.1 Å². The van der Waals surface area contributed by atoms with Gasteiger partial charge in [0.25, 0.3) is 0 Å². The number of rotatable bonds is 6. The summed E-state index contributed by atoms with van der Waals surface area (Å²) in [5.41, 5.74) is 13.3. The average molecular weight is 759 g/mol. The number of anilines is 3. The largest absolute Gasteiger partial charge is 0.456 e. The van der Waals surface area contributed by atoms with Gasteiger partial charge < -0.3 is 13.9 Å². The predicted octanol–water partition coefficient (Wildman–Crippen LogP) is 15.9. The summed E-state index contributed by atoms with van der Waals surface area (Å²) >= 11 is 1.85. The van der Waals surface area contributed by atoms with Crippen LogP contribution < -0.4 is 4.90 Å². The first-order valence-corrected chi connectivity index (χ1v) is 20.5. The van der Waals surface area contributed by atoms with E-state index in [9.17, 15) is 0 Å². The first kappa shape index (κ1) is 32.8. The van der Waals surface area contributed by atoms with Crippen molar-refractivity contribution in [3.8, 4) is 27.9 Å². The van der Waals surface area contributed by atoms with Crippen molar-refractivity contribution in [1.29, 1.82) is 0 Å². The fraction of sp³-hybridized carbons (Fsp3) is 0. The second-order valence-corrected chi connectivity index (χ2v) is 16.0. The Bertz CT molecular complexity index is 3500. The molecule has 3 heterocycles. The maximum absolute atomic E-state index is 6.40. The standard InChI is InChI=1S/C54H34N2OS/c1-2-11-39(12-3-1)56-47-16-7-4-13-42(47)43-31-25-38(34-49(43)56)36-23-29-41(30-24-36)55(48-17-10-19-51-54(48)45-15-5-8-18-50(45)57-51)40-27-21-35(22-28-40)37-26-32-53-46(33-37)44-14-6-9-20-52(44)58-53/h1-34H. The number of thiophene rings is 1. The molecule has 0 atom stereocenters. The highest BCUT2D eigenvalue weighted by Crippen LogP contribution is 2.44. The van der Waals surface area contributed by atoms with E-state index in [0.717, 1.165) is 50.3 Å².